The summed E-state index contributed by atoms with van der Waals surface area (Å²) in [4.78, 5) is 12.3. The second-order valence-electron chi connectivity index (χ2n) is 7.15. The Morgan fingerprint density at radius 3 is 2.79 bits per heavy atom. The SMILES string of the molecule is Nc1cnc(C2CC(c3ccc(OCC(O)Cn4ccnc4)c(F)c3)C2)cn1. The first-order chi connectivity index (χ1) is 13.6. The van der Waals surface area contributed by atoms with Gasteiger partial charge in [-0.3, -0.25) is 4.98 Å². The normalized spacial score (nSPS) is 19.8. The van der Waals surface area contributed by atoms with Crippen LogP contribution < -0.4 is 10.5 Å². The molecule has 2 aromatic heterocycles. The topological polar surface area (TPSA) is 99.1 Å². The minimum atomic E-state index is -0.748. The van der Waals surface area contributed by atoms with Gasteiger partial charge in [-0.15, -0.1) is 0 Å². The Balaban J connectivity index is 1.30. The lowest BCUT2D eigenvalue weighted by atomic mass is 9.70. The average molecular weight is 383 g/mol. The van der Waals surface area contributed by atoms with Gasteiger partial charge in [0, 0.05) is 18.3 Å². The van der Waals surface area contributed by atoms with E-state index < -0.39 is 11.9 Å². The summed E-state index contributed by atoms with van der Waals surface area (Å²) in [6.45, 7) is 0.354. The van der Waals surface area contributed by atoms with E-state index in [0.29, 0.717) is 24.2 Å². The number of hydrogen-bond donors (Lipinski definition) is 2. The maximum atomic E-state index is 14.4. The highest BCUT2D eigenvalue weighted by molar-refractivity contribution is 5.34. The number of aromatic nitrogens is 4. The van der Waals surface area contributed by atoms with Crippen LogP contribution >= 0.6 is 0 Å². The highest BCUT2D eigenvalue weighted by Gasteiger charge is 2.33. The molecule has 1 fully saturated rings. The van der Waals surface area contributed by atoms with Crippen LogP contribution in [0.1, 0.15) is 35.9 Å². The third kappa shape index (κ3) is 4.12. The smallest absolute Gasteiger partial charge is 0.165 e. The van der Waals surface area contributed by atoms with E-state index in [9.17, 15) is 9.50 Å². The van der Waals surface area contributed by atoms with Crippen molar-refractivity contribution in [1.82, 2.24) is 19.5 Å². The van der Waals surface area contributed by atoms with E-state index in [1.54, 1.807) is 41.7 Å². The molecule has 1 atom stereocenters. The van der Waals surface area contributed by atoms with E-state index in [4.69, 9.17) is 10.5 Å². The molecular weight excluding hydrogens is 361 g/mol. The number of ether oxygens (including phenoxy) is 1. The van der Waals surface area contributed by atoms with Crippen LogP contribution in [0.4, 0.5) is 10.2 Å². The minimum Gasteiger partial charge on any atom is -0.488 e. The van der Waals surface area contributed by atoms with Crippen molar-refractivity contribution in [1.29, 1.82) is 0 Å². The van der Waals surface area contributed by atoms with Crippen LogP contribution in [0, 0.1) is 5.82 Å². The van der Waals surface area contributed by atoms with Crippen molar-refractivity contribution < 1.29 is 14.2 Å². The zero-order chi connectivity index (χ0) is 19.5. The lowest BCUT2D eigenvalue weighted by Gasteiger charge is -2.35. The molecule has 3 aromatic rings. The van der Waals surface area contributed by atoms with Gasteiger partial charge in [-0.2, -0.15) is 0 Å². The highest BCUT2D eigenvalue weighted by Crippen LogP contribution is 2.47. The number of nitrogens with two attached hydrogens (primary N) is 1. The second-order valence-corrected chi connectivity index (χ2v) is 7.15. The van der Waals surface area contributed by atoms with Crippen molar-refractivity contribution in [2.75, 3.05) is 12.3 Å². The molecule has 1 unspecified atom stereocenters. The van der Waals surface area contributed by atoms with Crippen LogP contribution in [0.3, 0.4) is 0 Å². The van der Waals surface area contributed by atoms with Crippen LogP contribution in [0.25, 0.3) is 0 Å². The van der Waals surface area contributed by atoms with Crippen molar-refractivity contribution in [3.05, 3.63) is 66.4 Å². The Labute approximate surface area is 162 Å². The summed E-state index contributed by atoms with van der Waals surface area (Å²) in [5.41, 5.74) is 7.44. The largest absolute Gasteiger partial charge is 0.488 e. The monoisotopic (exact) mass is 383 g/mol. The van der Waals surface area contributed by atoms with E-state index >= 15 is 0 Å². The summed E-state index contributed by atoms with van der Waals surface area (Å²) in [6.07, 6.45) is 9.33. The van der Waals surface area contributed by atoms with Gasteiger partial charge in [0.2, 0.25) is 0 Å². The number of nitrogen functional groups attached to an aromatic ring is 1. The minimum absolute atomic E-state index is 0.00968. The van der Waals surface area contributed by atoms with Crippen LogP contribution in [-0.4, -0.2) is 37.3 Å². The molecule has 0 amide bonds. The molecule has 0 aliphatic heterocycles. The fourth-order valence-electron chi connectivity index (χ4n) is 3.46. The molecule has 7 nitrogen and oxygen atoms in total. The van der Waals surface area contributed by atoms with Crippen LogP contribution in [0.5, 0.6) is 5.75 Å². The summed E-state index contributed by atoms with van der Waals surface area (Å²) in [7, 11) is 0. The third-order valence-corrected chi connectivity index (χ3v) is 5.09. The standard InChI is InChI=1S/C20H22FN5O2/c21-17-7-13(14-5-15(6-14)18-8-25-20(22)9-24-18)1-2-19(17)28-11-16(27)10-26-4-3-23-12-26/h1-4,7-9,12,14-16,27H,5-6,10-11H2,(H2,22,25). The Morgan fingerprint density at radius 2 is 2.11 bits per heavy atom. The van der Waals surface area contributed by atoms with Crippen molar-refractivity contribution in [2.24, 2.45) is 0 Å². The maximum Gasteiger partial charge on any atom is 0.165 e. The number of nitrogens with zero attached hydrogens (tertiary/aromatic N) is 4. The molecule has 1 saturated carbocycles. The van der Waals surface area contributed by atoms with Crippen molar-refractivity contribution in [2.45, 2.75) is 37.3 Å². The van der Waals surface area contributed by atoms with Crippen molar-refractivity contribution in [3.63, 3.8) is 0 Å². The lowest BCUT2D eigenvalue weighted by Crippen LogP contribution is -2.23. The number of aliphatic hydroxyl groups is 1. The molecule has 1 aliphatic carbocycles. The summed E-state index contributed by atoms with van der Waals surface area (Å²) in [5, 5.41) is 10.0. The van der Waals surface area contributed by atoms with E-state index in [0.717, 1.165) is 24.1 Å². The van der Waals surface area contributed by atoms with Gasteiger partial charge in [0.25, 0.3) is 0 Å². The molecule has 8 heteroatoms. The van der Waals surface area contributed by atoms with Gasteiger partial charge in [-0.05, 0) is 36.5 Å². The van der Waals surface area contributed by atoms with E-state index in [2.05, 4.69) is 15.0 Å². The summed E-state index contributed by atoms with van der Waals surface area (Å²) in [6, 6.07) is 5.04. The van der Waals surface area contributed by atoms with Gasteiger partial charge in [0.05, 0.1) is 31.0 Å². The average Bonchev–Trinajstić information content (AvgIpc) is 3.14. The van der Waals surface area contributed by atoms with Crippen LogP contribution in [0.15, 0.2) is 49.3 Å². The molecule has 4 rings (SSSR count). The van der Waals surface area contributed by atoms with E-state index in [1.165, 1.54) is 6.07 Å². The Bertz CT molecular complexity index is 911. The fourth-order valence-corrected chi connectivity index (χ4v) is 3.46. The van der Waals surface area contributed by atoms with E-state index in [1.807, 2.05) is 6.07 Å². The summed E-state index contributed by atoms with van der Waals surface area (Å²) < 4.78 is 21.6. The predicted molar refractivity (Wildman–Crippen MR) is 101 cm³/mol. The predicted octanol–water partition coefficient (Wildman–Crippen LogP) is 2.50. The van der Waals surface area contributed by atoms with Gasteiger partial charge >= 0.3 is 0 Å². The van der Waals surface area contributed by atoms with Gasteiger partial charge in [0.1, 0.15) is 18.5 Å². The molecule has 0 radical (unpaired) electrons. The molecule has 1 aromatic carbocycles. The number of aliphatic hydroxyl groups excluding tert-OH is 1. The zero-order valence-corrected chi connectivity index (χ0v) is 15.3. The number of hydrogen-bond acceptors (Lipinski definition) is 6. The van der Waals surface area contributed by atoms with Crippen LogP contribution in [0.2, 0.25) is 0 Å². The first-order valence-electron chi connectivity index (χ1n) is 9.22. The zero-order valence-electron chi connectivity index (χ0n) is 15.3. The highest BCUT2D eigenvalue weighted by atomic mass is 19.1. The number of benzene rings is 1. The van der Waals surface area contributed by atoms with Crippen molar-refractivity contribution in [3.8, 4) is 5.75 Å². The molecule has 146 valence electrons. The third-order valence-electron chi connectivity index (χ3n) is 5.09. The Hall–Kier alpha value is -3.00. The second kappa shape index (κ2) is 7.93. The molecular formula is C20H22FN5O2. The molecule has 2 heterocycles. The molecule has 3 N–H and O–H groups in total. The van der Waals surface area contributed by atoms with Crippen molar-refractivity contribution >= 4 is 5.82 Å². The summed E-state index contributed by atoms with van der Waals surface area (Å²) >= 11 is 0. The number of rotatable bonds is 7. The molecule has 0 spiro atoms. The first-order valence-corrected chi connectivity index (χ1v) is 9.22. The Kier molecular flexibility index (Phi) is 5.21. The van der Waals surface area contributed by atoms with Crippen LogP contribution in [-0.2, 0) is 6.54 Å². The maximum absolute atomic E-state index is 14.4. The molecule has 0 bridgehead atoms. The number of anilines is 1. The molecule has 1 aliphatic rings. The van der Waals surface area contributed by atoms with Gasteiger partial charge < -0.3 is 20.1 Å². The molecule has 28 heavy (non-hydrogen) atoms. The number of imidazole rings is 1. The fraction of sp³-hybridized carbons (Fsp3) is 0.350. The Morgan fingerprint density at radius 1 is 1.25 bits per heavy atom. The number of halogens is 1. The van der Waals surface area contributed by atoms with Gasteiger partial charge in [-0.1, -0.05) is 6.07 Å². The quantitative estimate of drug-likeness (QED) is 0.650. The summed E-state index contributed by atoms with van der Waals surface area (Å²) in [5.74, 6) is 0.763. The van der Waals surface area contributed by atoms with E-state index in [-0.39, 0.29) is 12.4 Å². The van der Waals surface area contributed by atoms with Gasteiger partial charge in [-0.25, -0.2) is 14.4 Å². The first kappa shape index (κ1) is 18.4. The lowest BCUT2D eigenvalue weighted by molar-refractivity contribution is 0.0904. The molecule has 0 saturated heterocycles. The van der Waals surface area contributed by atoms with Gasteiger partial charge in [0.15, 0.2) is 11.6 Å².